The third kappa shape index (κ3) is 3.54. The molecule has 0 amide bonds. The molecule has 0 aromatic heterocycles. The minimum Gasteiger partial charge on any atom is -0.504 e. The summed E-state index contributed by atoms with van der Waals surface area (Å²) in [5, 5.41) is 22.6. The van der Waals surface area contributed by atoms with Gasteiger partial charge in [-0.25, -0.2) is 0 Å². The molecule has 4 unspecified atom stereocenters. The van der Waals surface area contributed by atoms with Crippen LogP contribution in [0.3, 0.4) is 0 Å². The largest absolute Gasteiger partial charge is 0.504 e. The van der Waals surface area contributed by atoms with Crippen LogP contribution in [0.15, 0.2) is 12.1 Å². The average molecular weight is 418 g/mol. The molecule has 170 valence electrons. The van der Waals surface area contributed by atoms with Gasteiger partial charge in [-0.15, -0.1) is 0 Å². The van der Waals surface area contributed by atoms with Crippen molar-refractivity contribution in [3.63, 3.8) is 0 Å². The first kappa shape index (κ1) is 23.4. The Bertz CT molecular complexity index is 731. The summed E-state index contributed by atoms with van der Waals surface area (Å²) in [4.78, 5) is 2.59. The van der Waals surface area contributed by atoms with Gasteiger partial charge in [-0.3, -0.25) is 4.90 Å². The molecule has 30 heavy (non-hydrogen) atoms. The number of fused-ring (bicyclic) bond motifs is 1. The zero-order chi connectivity index (χ0) is 22.1. The Morgan fingerprint density at radius 3 is 2.43 bits per heavy atom. The van der Waals surface area contributed by atoms with E-state index in [1.54, 1.807) is 13.2 Å². The predicted octanol–water partition coefficient (Wildman–Crippen LogP) is 5.28. The molecule has 1 aromatic carbocycles. The maximum atomic E-state index is 12.2. The normalized spacial score (nSPS) is 34.4. The molecule has 1 aliphatic heterocycles. The standard InChI is InChI=1S/C22H31NO3.2C2H6/c1-14-7-8-22(25)18-11-16-5-6-17(24)20(26-2)19(16)21(22,12-14)9-10-23(18)13-15-3-4-15;2*1-2/h5-6,14-15,18,24-25H,3-4,7-13H2,1-2H3;2*1-2H3. The molecule has 0 radical (unpaired) electrons. The summed E-state index contributed by atoms with van der Waals surface area (Å²) in [6, 6.07) is 4.04. The molecule has 1 aromatic rings. The Balaban J connectivity index is 0.000000606. The van der Waals surface area contributed by atoms with E-state index >= 15 is 0 Å². The van der Waals surface area contributed by atoms with Gasteiger partial charge in [0.1, 0.15) is 0 Å². The number of phenols is 1. The van der Waals surface area contributed by atoms with E-state index in [0.717, 1.165) is 56.7 Å². The van der Waals surface area contributed by atoms with E-state index in [9.17, 15) is 10.2 Å². The molecular weight excluding hydrogens is 374 g/mol. The summed E-state index contributed by atoms with van der Waals surface area (Å²) in [7, 11) is 1.64. The van der Waals surface area contributed by atoms with Crippen molar-refractivity contribution in [3.8, 4) is 11.5 Å². The summed E-state index contributed by atoms with van der Waals surface area (Å²) in [5.41, 5.74) is 1.38. The lowest BCUT2D eigenvalue weighted by atomic mass is 9.48. The highest BCUT2D eigenvalue weighted by atomic mass is 16.5. The number of benzene rings is 1. The monoisotopic (exact) mass is 417 g/mol. The molecule has 3 fully saturated rings. The molecule has 3 aliphatic carbocycles. The van der Waals surface area contributed by atoms with E-state index in [1.807, 2.05) is 27.7 Å². The number of hydrogen-bond donors (Lipinski definition) is 2. The van der Waals surface area contributed by atoms with Gasteiger partial charge in [0, 0.05) is 23.6 Å². The van der Waals surface area contributed by atoms with E-state index in [4.69, 9.17) is 4.74 Å². The maximum absolute atomic E-state index is 12.2. The van der Waals surface area contributed by atoms with Crippen molar-refractivity contribution in [3.05, 3.63) is 23.3 Å². The van der Waals surface area contributed by atoms with Gasteiger partial charge in [0.2, 0.25) is 0 Å². The number of nitrogens with zero attached hydrogens (tertiary/aromatic N) is 1. The topological polar surface area (TPSA) is 52.9 Å². The van der Waals surface area contributed by atoms with Gasteiger partial charge in [0.15, 0.2) is 11.5 Å². The van der Waals surface area contributed by atoms with Crippen LogP contribution in [-0.4, -0.2) is 47.0 Å². The van der Waals surface area contributed by atoms with Crippen molar-refractivity contribution >= 4 is 0 Å². The molecule has 1 saturated heterocycles. The lowest BCUT2D eigenvalue weighted by Gasteiger charge is -2.64. The van der Waals surface area contributed by atoms with Crippen molar-refractivity contribution in [2.45, 2.75) is 96.6 Å². The average Bonchev–Trinajstić information content (AvgIpc) is 3.58. The van der Waals surface area contributed by atoms with Crippen LogP contribution in [0, 0.1) is 11.8 Å². The summed E-state index contributed by atoms with van der Waals surface area (Å²) >= 11 is 0. The lowest BCUT2D eigenvalue weighted by Crippen LogP contribution is -2.73. The van der Waals surface area contributed by atoms with Gasteiger partial charge >= 0.3 is 0 Å². The third-order valence-electron chi connectivity index (χ3n) is 7.87. The summed E-state index contributed by atoms with van der Waals surface area (Å²) in [6.07, 6.45) is 7.46. The fraction of sp³-hybridized carbons (Fsp3) is 0.769. The first-order chi connectivity index (χ1) is 14.5. The van der Waals surface area contributed by atoms with E-state index in [0.29, 0.717) is 11.7 Å². The number of ether oxygens (including phenoxy) is 1. The molecule has 5 rings (SSSR count). The Morgan fingerprint density at radius 1 is 1.10 bits per heavy atom. The van der Waals surface area contributed by atoms with Gasteiger partial charge in [0.25, 0.3) is 0 Å². The van der Waals surface area contributed by atoms with Crippen LogP contribution in [-0.2, 0) is 11.8 Å². The zero-order valence-corrected chi connectivity index (χ0v) is 20.0. The second kappa shape index (κ2) is 9.08. The van der Waals surface area contributed by atoms with Gasteiger partial charge in [-0.1, -0.05) is 40.7 Å². The third-order valence-corrected chi connectivity index (χ3v) is 7.87. The molecule has 4 nitrogen and oxygen atoms in total. The second-order valence-electron chi connectivity index (χ2n) is 9.41. The Morgan fingerprint density at radius 2 is 1.80 bits per heavy atom. The fourth-order valence-corrected chi connectivity index (χ4v) is 6.49. The zero-order valence-electron chi connectivity index (χ0n) is 20.0. The summed E-state index contributed by atoms with van der Waals surface area (Å²) in [5.74, 6) is 2.23. The van der Waals surface area contributed by atoms with Gasteiger partial charge in [-0.05, 0) is 75.0 Å². The molecule has 0 spiro atoms. The Hall–Kier alpha value is -1.26. The number of likely N-dealkylation sites (tertiary alicyclic amines) is 1. The highest BCUT2D eigenvalue weighted by molar-refractivity contribution is 5.58. The number of piperidine rings is 1. The quantitative estimate of drug-likeness (QED) is 0.702. The van der Waals surface area contributed by atoms with Crippen LogP contribution < -0.4 is 4.74 Å². The molecule has 2 N–H and O–H groups in total. The SMILES string of the molecule is CC.CC.COc1c(O)ccc2c1C13CCN(CC4CC4)C(C2)C1(O)CCC(C)C3. The van der Waals surface area contributed by atoms with E-state index in [1.165, 1.54) is 18.4 Å². The number of aliphatic hydroxyl groups is 1. The van der Waals surface area contributed by atoms with Crippen molar-refractivity contribution in [1.29, 1.82) is 0 Å². The first-order valence-electron chi connectivity index (χ1n) is 12.3. The van der Waals surface area contributed by atoms with Crippen LogP contribution in [0.1, 0.15) is 84.3 Å². The smallest absolute Gasteiger partial charge is 0.164 e. The molecule has 4 atom stereocenters. The van der Waals surface area contributed by atoms with Crippen molar-refractivity contribution in [2.75, 3.05) is 20.2 Å². The predicted molar refractivity (Wildman–Crippen MR) is 123 cm³/mol. The number of hydrogen-bond acceptors (Lipinski definition) is 4. The minimum absolute atomic E-state index is 0.200. The van der Waals surface area contributed by atoms with Gasteiger partial charge < -0.3 is 14.9 Å². The maximum Gasteiger partial charge on any atom is 0.164 e. The molecular formula is C26H43NO3. The minimum atomic E-state index is -0.708. The number of methoxy groups -OCH3 is 1. The highest BCUT2D eigenvalue weighted by Crippen LogP contribution is 2.62. The fourth-order valence-electron chi connectivity index (χ4n) is 6.49. The second-order valence-corrected chi connectivity index (χ2v) is 9.41. The van der Waals surface area contributed by atoms with Crippen LogP contribution in [0.5, 0.6) is 11.5 Å². The van der Waals surface area contributed by atoms with E-state index in [-0.39, 0.29) is 17.2 Å². The Labute approximate surface area is 183 Å². The Kier molecular flexibility index (Phi) is 7.08. The number of phenolic OH excluding ortho intramolecular Hbond substituents is 1. The highest BCUT2D eigenvalue weighted by Gasteiger charge is 2.65. The van der Waals surface area contributed by atoms with E-state index in [2.05, 4.69) is 17.9 Å². The summed E-state index contributed by atoms with van der Waals surface area (Å²) in [6.45, 7) is 12.5. The number of rotatable bonds is 3. The lowest BCUT2D eigenvalue weighted by molar-refractivity contribution is -0.174. The van der Waals surface area contributed by atoms with Crippen LogP contribution >= 0.6 is 0 Å². The molecule has 4 heteroatoms. The number of aromatic hydroxyl groups is 1. The van der Waals surface area contributed by atoms with Gasteiger partial charge in [0.05, 0.1) is 12.7 Å². The molecule has 2 bridgehead atoms. The summed E-state index contributed by atoms with van der Waals surface area (Å²) < 4.78 is 5.69. The van der Waals surface area contributed by atoms with Gasteiger partial charge in [-0.2, -0.15) is 0 Å². The molecule has 2 saturated carbocycles. The first-order valence-corrected chi connectivity index (χ1v) is 12.3. The van der Waals surface area contributed by atoms with Crippen molar-refractivity contribution in [1.82, 2.24) is 4.90 Å². The van der Waals surface area contributed by atoms with Crippen LogP contribution in [0.4, 0.5) is 0 Å². The van der Waals surface area contributed by atoms with E-state index < -0.39 is 5.60 Å². The molecule has 4 aliphatic rings. The molecule has 1 heterocycles. The van der Waals surface area contributed by atoms with Crippen molar-refractivity contribution in [2.24, 2.45) is 11.8 Å². The van der Waals surface area contributed by atoms with Crippen LogP contribution in [0.2, 0.25) is 0 Å². The van der Waals surface area contributed by atoms with Crippen molar-refractivity contribution < 1.29 is 14.9 Å². The van der Waals surface area contributed by atoms with Crippen LogP contribution in [0.25, 0.3) is 0 Å².